The molecule has 0 spiro atoms. The number of hydrogen-bond acceptors (Lipinski definition) is 3. The first-order valence-corrected chi connectivity index (χ1v) is 8.83. The van der Waals surface area contributed by atoms with Crippen LogP contribution in [-0.2, 0) is 16.1 Å². The summed E-state index contributed by atoms with van der Waals surface area (Å²) in [4.78, 5) is 26.8. The second kappa shape index (κ2) is 6.33. The number of phenolic OH excluding ortho intramolecular Hbond substituents is 1. The van der Waals surface area contributed by atoms with Gasteiger partial charge < -0.3 is 9.67 Å². The first-order chi connectivity index (χ1) is 12.6. The lowest BCUT2D eigenvalue weighted by Gasteiger charge is -2.15. The molecule has 1 aromatic heterocycles. The summed E-state index contributed by atoms with van der Waals surface area (Å²) in [7, 11) is 0. The van der Waals surface area contributed by atoms with Crippen molar-refractivity contribution in [3.8, 4) is 5.75 Å². The van der Waals surface area contributed by atoms with Gasteiger partial charge in [-0.25, -0.2) is 4.90 Å². The van der Waals surface area contributed by atoms with Gasteiger partial charge in [-0.3, -0.25) is 9.59 Å². The van der Waals surface area contributed by atoms with Crippen LogP contribution in [0.15, 0.2) is 54.7 Å². The fourth-order valence-electron chi connectivity index (χ4n) is 3.76. The Morgan fingerprint density at radius 3 is 2.69 bits per heavy atom. The lowest BCUT2D eigenvalue weighted by atomic mass is 9.97. The number of anilines is 1. The normalized spacial score (nSPS) is 17.4. The van der Waals surface area contributed by atoms with E-state index in [9.17, 15) is 14.7 Å². The van der Waals surface area contributed by atoms with Crippen molar-refractivity contribution in [2.75, 3.05) is 4.90 Å². The predicted octanol–water partition coefficient (Wildman–Crippen LogP) is 3.80. The molecule has 5 heteroatoms. The van der Waals surface area contributed by atoms with Gasteiger partial charge in [-0.15, -0.1) is 0 Å². The minimum Gasteiger partial charge on any atom is -0.508 e. The average molecular weight is 348 g/mol. The third-order valence-corrected chi connectivity index (χ3v) is 4.89. The van der Waals surface area contributed by atoms with Gasteiger partial charge in [0.2, 0.25) is 11.8 Å². The fraction of sp³-hybridized carbons (Fsp3) is 0.238. The standard InChI is InChI=1S/C21H20N2O3/c1-2-10-22-13-18(16-8-3-4-9-19(16)22)17-12-20(25)23(21(17)26)14-6-5-7-15(24)11-14/h3-9,11,13,17,24H,2,10,12H2,1H3/t17-/m0/s1. The van der Waals surface area contributed by atoms with Crippen LogP contribution >= 0.6 is 0 Å². The third-order valence-electron chi connectivity index (χ3n) is 4.89. The summed E-state index contributed by atoms with van der Waals surface area (Å²) in [6.45, 7) is 2.98. The predicted molar refractivity (Wildman–Crippen MR) is 100 cm³/mol. The average Bonchev–Trinajstić information content (AvgIpc) is 3.13. The number of carbonyl (C=O) groups excluding carboxylic acids is 2. The van der Waals surface area contributed by atoms with Crippen molar-refractivity contribution in [3.63, 3.8) is 0 Å². The summed E-state index contributed by atoms with van der Waals surface area (Å²) in [5.74, 6) is -0.933. The topological polar surface area (TPSA) is 62.5 Å². The Hall–Kier alpha value is -3.08. The number of aryl methyl sites for hydroxylation is 1. The molecule has 1 aliphatic heterocycles. The van der Waals surface area contributed by atoms with Crippen LogP contribution < -0.4 is 4.90 Å². The SMILES string of the molecule is CCCn1cc([C@@H]2CC(=O)N(c3cccc(O)c3)C2=O)c2ccccc21. The van der Waals surface area contributed by atoms with E-state index in [1.54, 1.807) is 12.1 Å². The number of fused-ring (bicyclic) bond motifs is 1. The molecule has 1 atom stereocenters. The van der Waals surface area contributed by atoms with Gasteiger partial charge in [0.1, 0.15) is 5.75 Å². The number of amides is 2. The zero-order valence-corrected chi connectivity index (χ0v) is 14.6. The van der Waals surface area contributed by atoms with E-state index in [0.717, 1.165) is 29.4 Å². The molecule has 1 aliphatic rings. The van der Waals surface area contributed by atoms with Crippen molar-refractivity contribution in [3.05, 3.63) is 60.3 Å². The minimum absolute atomic E-state index is 0.0334. The summed E-state index contributed by atoms with van der Waals surface area (Å²) in [5, 5.41) is 10.7. The molecule has 2 amide bonds. The summed E-state index contributed by atoms with van der Waals surface area (Å²) in [5.41, 5.74) is 2.40. The summed E-state index contributed by atoms with van der Waals surface area (Å²) in [6, 6.07) is 14.2. The van der Waals surface area contributed by atoms with E-state index in [1.165, 1.54) is 17.0 Å². The highest BCUT2D eigenvalue weighted by Crippen LogP contribution is 2.38. The largest absolute Gasteiger partial charge is 0.508 e. The number of nitrogens with zero attached hydrogens (tertiary/aromatic N) is 2. The van der Waals surface area contributed by atoms with Crippen LogP contribution in [0.4, 0.5) is 5.69 Å². The number of imide groups is 1. The fourth-order valence-corrected chi connectivity index (χ4v) is 3.76. The third kappa shape index (κ3) is 2.56. The summed E-state index contributed by atoms with van der Waals surface area (Å²) in [6.07, 6.45) is 3.15. The van der Waals surface area contributed by atoms with E-state index in [0.29, 0.717) is 5.69 Å². The zero-order chi connectivity index (χ0) is 18.3. The minimum atomic E-state index is -0.493. The molecule has 4 rings (SSSR count). The Kier molecular flexibility index (Phi) is 3.99. The van der Waals surface area contributed by atoms with Crippen LogP contribution in [0, 0.1) is 0 Å². The Morgan fingerprint density at radius 1 is 1.12 bits per heavy atom. The number of rotatable bonds is 4. The van der Waals surface area contributed by atoms with Crippen LogP contribution in [0.2, 0.25) is 0 Å². The van der Waals surface area contributed by atoms with Crippen molar-refractivity contribution in [1.29, 1.82) is 0 Å². The Balaban J connectivity index is 1.77. The van der Waals surface area contributed by atoms with Crippen LogP contribution in [0.1, 0.15) is 31.2 Å². The number of para-hydroxylation sites is 1. The van der Waals surface area contributed by atoms with Gasteiger partial charge in [-0.1, -0.05) is 31.2 Å². The maximum absolute atomic E-state index is 13.1. The summed E-state index contributed by atoms with van der Waals surface area (Å²) < 4.78 is 2.15. The molecule has 132 valence electrons. The highest BCUT2D eigenvalue weighted by atomic mass is 16.3. The van der Waals surface area contributed by atoms with Gasteiger partial charge >= 0.3 is 0 Å². The van der Waals surface area contributed by atoms with E-state index in [4.69, 9.17) is 0 Å². The molecule has 2 aromatic carbocycles. The Bertz CT molecular complexity index is 1010. The molecule has 1 fully saturated rings. The summed E-state index contributed by atoms with van der Waals surface area (Å²) >= 11 is 0. The molecule has 0 bridgehead atoms. The number of aromatic nitrogens is 1. The number of benzene rings is 2. The highest BCUT2D eigenvalue weighted by molar-refractivity contribution is 6.23. The molecular weight excluding hydrogens is 328 g/mol. The van der Waals surface area contributed by atoms with Crippen molar-refractivity contribution in [1.82, 2.24) is 4.57 Å². The van der Waals surface area contributed by atoms with Crippen molar-refractivity contribution in [2.45, 2.75) is 32.2 Å². The lowest BCUT2D eigenvalue weighted by molar-refractivity contribution is -0.121. The highest BCUT2D eigenvalue weighted by Gasteiger charge is 2.41. The molecule has 26 heavy (non-hydrogen) atoms. The smallest absolute Gasteiger partial charge is 0.241 e. The first-order valence-electron chi connectivity index (χ1n) is 8.83. The van der Waals surface area contributed by atoms with Crippen LogP contribution in [0.3, 0.4) is 0 Å². The van der Waals surface area contributed by atoms with Gasteiger partial charge in [0.05, 0.1) is 11.6 Å². The van der Waals surface area contributed by atoms with Crippen LogP contribution in [0.25, 0.3) is 10.9 Å². The van der Waals surface area contributed by atoms with Gasteiger partial charge in [0.25, 0.3) is 0 Å². The maximum Gasteiger partial charge on any atom is 0.241 e. The van der Waals surface area contributed by atoms with Gasteiger partial charge in [-0.05, 0) is 30.2 Å². The quantitative estimate of drug-likeness (QED) is 0.730. The van der Waals surface area contributed by atoms with E-state index < -0.39 is 5.92 Å². The Morgan fingerprint density at radius 2 is 1.92 bits per heavy atom. The maximum atomic E-state index is 13.1. The molecule has 1 N–H and O–H groups in total. The molecule has 5 nitrogen and oxygen atoms in total. The molecule has 1 saturated heterocycles. The molecule has 3 aromatic rings. The molecule has 0 unspecified atom stereocenters. The van der Waals surface area contributed by atoms with E-state index in [-0.39, 0.29) is 24.0 Å². The van der Waals surface area contributed by atoms with Gasteiger partial charge in [0, 0.05) is 36.1 Å². The number of phenols is 1. The zero-order valence-electron chi connectivity index (χ0n) is 14.6. The lowest BCUT2D eigenvalue weighted by Crippen LogP contribution is -2.29. The molecule has 0 aliphatic carbocycles. The molecule has 2 heterocycles. The van der Waals surface area contributed by atoms with Crippen molar-refractivity contribution >= 4 is 28.4 Å². The molecular formula is C21H20N2O3. The number of carbonyl (C=O) groups is 2. The first kappa shape index (κ1) is 16.4. The van der Waals surface area contributed by atoms with E-state index >= 15 is 0 Å². The second-order valence-corrected chi connectivity index (χ2v) is 6.64. The number of aromatic hydroxyl groups is 1. The van der Waals surface area contributed by atoms with Crippen LogP contribution in [0.5, 0.6) is 5.75 Å². The second-order valence-electron chi connectivity index (χ2n) is 6.64. The van der Waals surface area contributed by atoms with Crippen molar-refractivity contribution < 1.29 is 14.7 Å². The van der Waals surface area contributed by atoms with Gasteiger partial charge in [0.15, 0.2) is 0 Å². The van der Waals surface area contributed by atoms with Gasteiger partial charge in [-0.2, -0.15) is 0 Å². The van der Waals surface area contributed by atoms with Crippen LogP contribution in [-0.4, -0.2) is 21.5 Å². The monoisotopic (exact) mass is 348 g/mol. The molecule has 0 radical (unpaired) electrons. The van der Waals surface area contributed by atoms with Crippen molar-refractivity contribution in [2.24, 2.45) is 0 Å². The van der Waals surface area contributed by atoms with E-state index in [1.807, 2.05) is 30.5 Å². The van der Waals surface area contributed by atoms with E-state index in [2.05, 4.69) is 11.5 Å². The Labute approximate surface area is 151 Å². The number of hydrogen-bond donors (Lipinski definition) is 1. The molecule has 0 saturated carbocycles.